The lowest BCUT2D eigenvalue weighted by Crippen LogP contribution is -2.14. The van der Waals surface area contributed by atoms with E-state index in [4.69, 9.17) is 11.6 Å². The van der Waals surface area contributed by atoms with E-state index in [1.54, 1.807) is 17.2 Å². The van der Waals surface area contributed by atoms with E-state index in [1.807, 2.05) is 0 Å². The van der Waals surface area contributed by atoms with Crippen LogP contribution in [0.2, 0.25) is 5.02 Å². The van der Waals surface area contributed by atoms with Crippen LogP contribution in [0.4, 0.5) is 4.39 Å². The van der Waals surface area contributed by atoms with Crippen LogP contribution in [0.1, 0.15) is 16.9 Å². The third-order valence-corrected chi connectivity index (χ3v) is 2.81. The summed E-state index contributed by atoms with van der Waals surface area (Å²) in [7, 11) is 0. The molecule has 17 heavy (non-hydrogen) atoms. The Morgan fingerprint density at radius 2 is 2.47 bits per heavy atom. The molecule has 2 heterocycles. The van der Waals surface area contributed by atoms with Gasteiger partial charge in [0, 0.05) is 36.6 Å². The Hall–Kier alpha value is -1.42. The number of rotatable bonds is 3. The molecule has 0 N–H and O–H groups in total. The van der Waals surface area contributed by atoms with Gasteiger partial charge in [-0.2, -0.15) is 0 Å². The van der Waals surface area contributed by atoms with E-state index < -0.39 is 6.17 Å². The van der Waals surface area contributed by atoms with Crippen LogP contribution in [0.3, 0.4) is 0 Å². The molecule has 2 rings (SSSR count). The Morgan fingerprint density at radius 1 is 1.65 bits per heavy atom. The first-order valence-corrected chi connectivity index (χ1v) is 5.75. The first-order valence-electron chi connectivity index (χ1n) is 5.37. The number of aromatic nitrogens is 1. The summed E-state index contributed by atoms with van der Waals surface area (Å²) in [4.78, 5) is 17.4. The minimum Gasteiger partial charge on any atom is -0.374 e. The third-order valence-electron chi connectivity index (χ3n) is 2.57. The van der Waals surface area contributed by atoms with Crippen molar-refractivity contribution in [2.45, 2.75) is 12.6 Å². The highest BCUT2D eigenvalue weighted by atomic mass is 35.5. The lowest BCUT2D eigenvalue weighted by atomic mass is 10.2. The Kier molecular flexibility index (Phi) is 3.74. The molecule has 0 unspecified atom stereocenters. The van der Waals surface area contributed by atoms with Crippen molar-refractivity contribution in [3.63, 3.8) is 0 Å². The smallest absolute Gasteiger partial charge is 0.205 e. The van der Waals surface area contributed by atoms with Gasteiger partial charge < -0.3 is 4.90 Å². The first-order chi connectivity index (χ1) is 8.15. The summed E-state index contributed by atoms with van der Waals surface area (Å²) in [5, 5.41) is 0.474. The van der Waals surface area contributed by atoms with Crippen LogP contribution in [0, 0.1) is 0 Å². The number of ketones is 1. The largest absolute Gasteiger partial charge is 0.374 e. The van der Waals surface area contributed by atoms with E-state index in [-0.39, 0.29) is 5.78 Å². The maximum atomic E-state index is 12.9. The Morgan fingerprint density at radius 3 is 3.12 bits per heavy atom. The van der Waals surface area contributed by atoms with Crippen LogP contribution >= 0.6 is 11.6 Å². The molecular weight excluding hydrogens is 243 g/mol. The van der Waals surface area contributed by atoms with E-state index in [0.717, 1.165) is 0 Å². The second-order valence-corrected chi connectivity index (χ2v) is 4.36. The Labute approximate surface area is 104 Å². The second-order valence-electron chi connectivity index (χ2n) is 3.92. The normalized spacial score (nSPS) is 20.1. The molecule has 5 heteroatoms. The average molecular weight is 255 g/mol. The quantitative estimate of drug-likeness (QED) is 0.614. The predicted octanol–water partition coefficient (Wildman–Crippen LogP) is 2.48. The molecule has 1 aliphatic heterocycles. The molecule has 0 aliphatic carbocycles. The van der Waals surface area contributed by atoms with E-state index in [0.29, 0.717) is 30.2 Å². The van der Waals surface area contributed by atoms with Crippen molar-refractivity contribution in [2.24, 2.45) is 0 Å². The number of alkyl halides is 1. The molecule has 0 radical (unpaired) electrons. The molecule has 3 nitrogen and oxygen atoms in total. The van der Waals surface area contributed by atoms with Gasteiger partial charge in [-0.25, -0.2) is 4.39 Å². The molecule has 0 amide bonds. The van der Waals surface area contributed by atoms with Crippen molar-refractivity contribution in [2.75, 3.05) is 13.1 Å². The summed E-state index contributed by atoms with van der Waals surface area (Å²) >= 11 is 5.76. The van der Waals surface area contributed by atoms with Crippen LogP contribution in [0.5, 0.6) is 0 Å². The van der Waals surface area contributed by atoms with Crippen molar-refractivity contribution >= 4 is 17.4 Å². The average Bonchev–Trinajstić information content (AvgIpc) is 2.72. The van der Waals surface area contributed by atoms with Crippen molar-refractivity contribution in [1.82, 2.24) is 9.88 Å². The molecule has 0 bridgehead atoms. The lowest BCUT2D eigenvalue weighted by Gasteiger charge is -2.09. The summed E-state index contributed by atoms with van der Waals surface area (Å²) in [6, 6.07) is 3.12. The molecule has 1 fully saturated rings. The van der Waals surface area contributed by atoms with Gasteiger partial charge >= 0.3 is 0 Å². The molecule has 0 saturated carbocycles. The summed E-state index contributed by atoms with van der Waals surface area (Å²) in [6.45, 7) is 1.00. The highest BCUT2D eigenvalue weighted by molar-refractivity contribution is 6.30. The van der Waals surface area contributed by atoms with E-state index >= 15 is 0 Å². The van der Waals surface area contributed by atoms with E-state index in [9.17, 15) is 9.18 Å². The van der Waals surface area contributed by atoms with Crippen LogP contribution in [-0.2, 0) is 0 Å². The van der Waals surface area contributed by atoms with Gasteiger partial charge in [-0.05, 0) is 18.6 Å². The monoisotopic (exact) mass is 254 g/mol. The van der Waals surface area contributed by atoms with E-state index in [1.165, 1.54) is 18.3 Å². The van der Waals surface area contributed by atoms with Gasteiger partial charge in [0.2, 0.25) is 5.78 Å². The molecule has 0 aromatic carbocycles. The van der Waals surface area contributed by atoms with Crippen LogP contribution < -0.4 is 0 Å². The Balaban J connectivity index is 1.99. The minimum absolute atomic E-state index is 0.227. The molecule has 1 atom stereocenters. The zero-order valence-corrected chi connectivity index (χ0v) is 9.90. The highest BCUT2D eigenvalue weighted by Crippen LogP contribution is 2.13. The number of likely N-dealkylation sites (tertiary alicyclic amines) is 1. The van der Waals surface area contributed by atoms with Crippen LogP contribution in [-0.4, -0.2) is 34.9 Å². The molecule has 1 aliphatic rings. The maximum Gasteiger partial charge on any atom is 0.205 e. The summed E-state index contributed by atoms with van der Waals surface area (Å²) in [5.41, 5.74) is 0.296. The van der Waals surface area contributed by atoms with Gasteiger partial charge in [-0.15, -0.1) is 0 Å². The third kappa shape index (κ3) is 3.27. The number of halogens is 2. The van der Waals surface area contributed by atoms with Gasteiger partial charge in [-0.1, -0.05) is 11.6 Å². The number of carbonyl (C=O) groups is 1. The topological polar surface area (TPSA) is 33.2 Å². The SMILES string of the molecule is O=C(/C=C/N1CC[C@H](F)C1)c1cc(Cl)ccn1. The van der Waals surface area contributed by atoms with Gasteiger partial charge in [0.15, 0.2) is 0 Å². The molecule has 1 saturated heterocycles. The highest BCUT2D eigenvalue weighted by Gasteiger charge is 2.18. The van der Waals surface area contributed by atoms with Crippen molar-refractivity contribution < 1.29 is 9.18 Å². The Bertz CT molecular complexity index is 450. The summed E-state index contributed by atoms with van der Waals surface area (Å²) in [6.07, 6.45) is 4.23. The van der Waals surface area contributed by atoms with E-state index in [2.05, 4.69) is 4.98 Å². The van der Waals surface area contributed by atoms with Crippen molar-refractivity contribution in [1.29, 1.82) is 0 Å². The minimum atomic E-state index is -0.793. The fraction of sp³-hybridized carbons (Fsp3) is 0.333. The van der Waals surface area contributed by atoms with Crippen LogP contribution in [0.15, 0.2) is 30.6 Å². The zero-order valence-electron chi connectivity index (χ0n) is 9.14. The molecular formula is C12H12ClFN2O. The molecule has 0 spiro atoms. The number of pyridine rings is 1. The van der Waals surface area contributed by atoms with Gasteiger partial charge in [-0.3, -0.25) is 9.78 Å². The van der Waals surface area contributed by atoms with Crippen LogP contribution in [0.25, 0.3) is 0 Å². The number of carbonyl (C=O) groups excluding carboxylic acids is 1. The second kappa shape index (κ2) is 5.27. The molecule has 1 aromatic rings. The van der Waals surface area contributed by atoms with Gasteiger partial charge in [0.25, 0.3) is 0 Å². The van der Waals surface area contributed by atoms with Crippen molar-refractivity contribution in [3.8, 4) is 0 Å². The maximum absolute atomic E-state index is 12.9. The van der Waals surface area contributed by atoms with Gasteiger partial charge in [0.1, 0.15) is 11.9 Å². The summed E-state index contributed by atoms with van der Waals surface area (Å²) < 4.78 is 12.9. The number of nitrogens with zero attached hydrogens (tertiary/aromatic N) is 2. The standard InChI is InChI=1S/C12H12ClFN2O/c13-9-1-4-15-11(7-9)12(17)3-6-16-5-2-10(14)8-16/h1,3-4,6-7,10H,2,5,8H2/b6-3+/t10-/m0/s1. The number of allylic oxidation sites excluding steroid dienone is 1. The predicted molar refractivity (Wildman–Crippen MR) is 63.8 cm³/mol. The fourth-order valence-corrected chi connectivity index (χ4v) is 1.84. The summed E-state index contributed by atoms with van der Waals surface area (Å²) in [5.74, 6) is -0.227. The number of hydrogen-bond acceptors (Lipinski definition) is 3. The molecule has 1 aromatic heterocycles. The van der Waals surface area contributed by atoms with Gasteiger partial charge in [0.05, 0.1) is 0 Å². The zero-order chi connectivity index (χ0) is 12.3. The first kappa shape index (κ1) is 12.0. The fourth-order valence-electron chi connectivity index (χ4n) is 1.68. The lowest BCUT2D eigenvalue weighted by molar-refractivity contribution is 0.104. The number of hydrogen-bond donors (Lipinski definition) is 0. The van der Waals surface area contributed by atoms with Crippen molar-refractivity contribution in [3.05, 3.63) is 41.3 Å². The molecule has 90 valence electrons.